The van der Waals surface area contributed by atoms with Crippen LogP contribution in [-0.4, -0.2) is 22.4 Å². The highest BCUT2D eigenvalue weighted by Gasteiger charge is 2.18. The van der Waals surface area contributed by atoms with Gasteiger partial charge in [0, 0.05) is 18.8 Å². The average Bonchev–Trinajstić information content (AvgIpc) is 3.01. The number of nitrogens with zero attached hydrogens (tertiary/aromatic N) is 3. The summed E-state index contributed by atoms with van der Waals surface area (Å²) in [5.41, 5.74) is 0.907. The summed E-state index contributed by atoms with van der Waals surface area (Å²) in [6.45, 7) is -0.243. The summed E-state index contributed by atoms with van der Waals surface area (Å²) >= 11 is 0. The maximum Gasteiger partial charge on any atom is 0.420 e. The van der Waals surface area contributed by atoms with Crippen LogP contribution in [0.1, 0.15) is 0 Å². The first-order valence-corrected chi connectivity index (χ1v) is 8.47. The van der Waals surface area contributed by atoms with E-state index in [9.17, 15) is 19.7 Å². The molecule has 0 aliphatic carbocycles. The van der Waals surface area contributed by atoms with Gasteiger partial charge in [0.2, 0.25) is 5.91 Å². The molecule has 8 nitrogen and oxygen atoms in total. The van der Waals surface area contributed by atoms with Crippen molar-refractivity contribution in [2.45, 2.75) is 6.54 Å². The van der Waals surface area contributed by atoms with Crippen molar-refractivity contribution >= 4 is 39.2 Å². The summed E-state index contributed by atoms with van der Waals surface area (Å²) in [6, 6.07) is 17.3. The Morgan fingerprint density at radius 1 is 1.11 bits per heavy atom. The predicted octanol–water partition coefficient (Wildman–Crippen LogP) is 3.32. The number of benzene rings is 3. The number of anilines is 1. The molecule has 0 unspecified atom stereocenters. The first kappa shape index (κ1) is 17.5. The number of aromatic nitrogens is 1. The Bertz CT molecular complexity index is 1290. The Hall–Kier alpha value is -3.94. The summed E-state index contributed by atoms with van der Waals surface area (Å²) in [5.74, 6) is -1.06. The Morgan fingerprint density at radius 3 is 2.61 bits per heavy atom. The normalized spacial score (nSPS) is 11.0. The standard InChI is InChI=1S/C20H15N3O5/c1-21(15-7-6-13-4-2-3-5-14(13)10-15)19(24)12-22-17-9-8-16(23(26)27)11-18(17)28-20(22)25/h2-11H,12H2,1H3. The van der Waals surface area contributed by atoms with E-state index in [1.165, 1.54) is 27.7 Å². The van der Waals surface area contributed by atoms with E-state index in [1.807, 2.05) is 42.5 Å². The first-order valence-electron chi connectivity index (χ1n) is 8.47. The molecule has 0 radical (unpaired) electrons. The topological polar surface area (TPSA) is 98.6 Å². The predicted molar refractivity (Wildman–Crippen MR) is 104 cm³/mol. The van der Waals surface area contributed by atoms with Gasteiger partial charge < -0.3 is 9.32 Å². The van der Waals surface area contributed by atoms with E-state index in [0.717, 1.165) is 10.8 Å². The maximum absolute atomic E-state index is 12.7. The second-order valence-electron chi connectivity index (χ2n) is 6.35. The highest BCUT2D eigenvalue weighted by molar-refractivity contribution is 5.96. The second kappa shape index (κ2) is 6.66. The number of likely N-dealkylation sites (N-methyl/N-ethyl adjacent to an activating group) is 1. The van der Waals surface area contributed by atoms with Crippen molar-refractivity contribution in [3.63, 3.8) is 0 Å². The van der Waals surface area contributed by atoms with Gasteiger partial charge in [-0.1, -0.05) is 30.3 Å². The summed E-state index contributed by atoms with van der Waals surface area (Å²) in [5, 5.41) is 12.9. The molecular weight excluding hydrogens is 362 g/mol. The molecule has 0 fully saturated rings. The van der Waals surface area contributed by atoms with E-state index < -0.39 is 10.7 Å². The van der Waals surface area contributed by atoms with Crippen molar-refractivity contribution in [2.75, 3.05) is 11.9 Å². The van der Waals surface area contributed by atoms with Crippen LogP contribution >= 0.6 is 0 Å². The number of nitro benzene ring substituents is 1. The molecule has 140 valence electrons. The molecule has 4 rings (SSSR count). The van der Waals surface area contributed by atoms with Crippen molar-refractivity contribution < 1.29 is 14.1 Å². The van der Waals surface area contributed by atoms with E-state index in [-0.39, 0.29) is 23.7 Å². The molecule has 28 heavy (non-hydrogen) atoms. The number of rotatable bonds is 4. The number of amides is 1. The lowest BCUT2D eigenvalue weighted by Gasteiger charge is -2.18. The van der Waals surface area contributed by atoms with Crippen LogP contribution in [-0.2, 0) is 11.3 Å². The largest absolute Gasteiger partial charge is 0.420 e. The molecule has 4 aromatic rings. The van der Waals surface area contributed by atoms with Crippen molar-refractivity contribution in [2.24, 2.45) is 0 Å². The van der Waals surface area contributed by atoms with Crippen molar-refractivity contribution in [1.82, 2.24) is 4.57 Å². The van der Waals surface area contributed by atoms with Crippen molar-refractivity contribution in [3.8, 4) is 0 Å². The Balaban J connectivity index is 1.64. The minimum Gasteiger partial charge on any atom is -0.407 e. The van der Waals surface area contributed by atoms with Gasteiger partial charge in [0.05, 0.1) is 16.5 Å². The van der Waals surface area contributed by atoms with Gasteiger partial charge in [0.25, 0.3) is 5.69 Å². The quantitative estimate of drug-likeness (QED) is 0.401. The molecule has 0 saturated carbocycles. The number of hydrogen-bond acceptors (Lipinski definition) is 5. The molecular formula is C20H15N3O5. The zero-order valence-corrected chi connectivity index (χ0v) is 14.9. The number of non-ortho nitro benzene ring substituents is 1. The van der Waals surface area contributed by atoms with E-state index in [0.29, 0.717) is 11.2 Å². The van der Waals surface area contributed by atoms with E-state index in [4.69, 9.17) is 4.42 Å². The molecule has 0 atom stereocenters. The van der Waals surface area contributed by atoms with Gasteiger partial charge in [-0.3, -0.25) is 19.5 Å². The Morgan fingerprint density at radius 2 is 1.86 bits per heavy atom. The molecule has 0 aliphatic heterocycles. The fourth-order valence-electron chi connectivity index (χ4n) is 3.09. The lowest BCUT2D eigenvalue weighted by molar-refractivity contribution is -0.384. The van der Waals surface area contributed by atoms with Crippen LogP contribution in [0, 0.1) is 10.1 Å². The number of nitro groups is 1. The number of carbonyl (C=O) groups excluding carboxylic acids is 1. The SMILES string of the molecule is CN(C(=O)Cn1c(=O)oc2cc([N+](=O)[O-])ccc21)c1ccc2ccccc2c1. The molecule has 0 N–H and O–H groups in total. The third-order valence-electron chi connectivity index (χ3n) is 4.65. The minimum absolute atomic E-state index is 0.0698. The van der Waals surface area contributed by atoms with E-state index >= 15 is 0 Å². The molecule has 1 heterocycles. The highest BCUT2D eigenvalue weighted by Crippen LogP contribution is 2.23. The molecule has 0 saturated heterocycles. The number of oxazole rings is 1. The minimum atomic E-state index is -0.740. The average molecular weight is 377 g/mol. The van der Waals surface area contributed by atoms with Crippen molar-refractivity contribution in [3.05, 3.63) is 81.3 Å². The van der Waals surface area contributed by atoms with Crippen LogP contribution in [0.15, 0.2) is 69.9 Å². The zero-order valence-electron chi connectivity index (χ0n) is 14.9. The Kier molecular flexibility index (Phi) is 4.15. The van der Waals surface area contributed by atoms with Crippen LogP contribution < -0.4 is 10.7 Å². The monoisotopic (exact) mass is 377 g/mol. The van der Waals surface area contributed by atoms with Crippen LogP contribution in [0.25, 0.3) is 21.9 Å². The summed E-state index contributed by atoms with van der Waals surface area (Å²) in [4.78, 5) is 36.6. The Labute approximate surface area is 158 Å². The molecule has 1 aromatic heterocycles. The molecule has 0 spiro atoms. The van der Waals surface area contributed by atoms with Gasteiger partial charge >= 0.3 is 5.76 Å². The maximum atomic E-state index is 12.7. The van der Waals surface area contributed by atoms with Crippen molar-refractivity contribution in [1.29, 1.82) is 0 Å². The van der Waals surface area contributed by atoms with Gasteiger partial charge in [-0.05, 0) is 29.0 Å². The lowest BCUT2D eigenvalue weighted by Crippen LogP contribution is -2.32. The van der Waals surface area contributed by atoms with Gasteiger partial charge in [0.1, 0.15) is 6.54 Å². The number of carbonyl (C=O) groups is 1. The highest BCUT2D eigenvalue weighted by atomic mass is 16.6. The van der Waals surface area contributed by atoms with Gasteiger partial charge in [0.15, 0.2) is 5.58 Å². The van der Waals surface area contributed by atoms with Gasteiger partial charge in [-0.15, -0.1) is 0 Å². The molecule has 0 bridgehead atoms. The zero-order chi connectivity index (χ0) is 19.8. The van der Waals surface area contributed by atoms with Crippen LogP contribution in [0.4, 0.5) is 11.4 Å². The van der Waals surface area contributed by atoms with E-state index in [2.05, 4.69) is 0 Å². The summed E-state index contributed by atoms with van der Waals surface area (Å²) < 4.78 is 6.23. The lowest BCUT2D eigenvalue weighted by atomic mass is 10.1. The molecule has 3 aromatic carbocycles. The fraction of sp³-hybridized carbons (Fsp3) is 0.100. The fourth-order valence-corrected chi connectivity index (χ4v) is 3.09. The molecule has 0 aliphatic rings. The first-order chi connectivity index (χ1) is 13.4. The molecule has 8 heteroatoms. The van der Waals surface area contributed by atoms with Gasteiger partial charge in [-0.2, -0.15) is 0 Å². The van der Waals surface area contributed by atoms with Crippen LogP contribution in [0.3, 0.4) is 0 Å². The second-order valence-corrected chi connectivity index (χ2v) is 6.35. The smallest absolute Gasteiger partial charge is 0.407 e. The third-order valence-corrected chi connectivity index (χ3v) is 4.65. The van der Waals surface area contributed by atoms with Crippen LogP contribution in [0.2, 0.25) is 0 Å². The third kappa shape index (κ3) is 3.01. The van der Waals surface area contributed by atoms with E-state index in [1.54, 1.807) is 7.05 Å². The van der Waals surface area contributed by atoms with Crippen LogP contribution in [0.5, 0.6) is 0 Å². The molecule has 1 amide bonds. The number of hydrogen-bond donors (Lipinski definition) is 0. The summed E-state index contributed by atoms with van der Waals surface area (Å²) in [7, 11) is 1.63. The summed E-state index contributed by atoms with van der Waals surface area (Å²) in [6.07, 6.45) is 0. The number of fused-ring (bicyclic) bond motifs is 2. The van der Waals surface area contributed by atoms with Gasteiger partial charge in [-0.25, -0.2) is 4.79 Å².